The van der Waals surface area contributed by atoms with Gasteiger partial charge in [-0.15, -0.1) is 0 Å². The molecule has 9 heteroatoms. The summed E-state index contributed by atoms with van der Waals surface area (Å²) in [7, 11) is 1.00. The number of aromatic nitrogens is 1. The van der Waals surface area contributed by atoms with Crippen molar-refractivity contribution in [3.8, 4) is 17.1 Å². The van der Waals surface area contributed by atoms with Crippen LogP contribution in [0.15, 0.2) is 39.8 Å². The van der Waals surface area contributed by atoms with Crippen LogP contribution in [0.1, 0.15) is 91.7 Å². The number of carbonyl (C=O) groups excluding carboxylic acids is 1. The van der Waals surface area contributed by atoms with E-state index in [-0.39, 0.29) is 34.9 Å². The molecule has 9 nitrogen and oxygen atoms in total. The van der Waals surface area contributed by atoms with Crippen LogP contribution in [0.3, 0.4) is 0 Å². The molecule has 0 amide bonds. The lowest BCUT2D eigenvalue weighted by molar-refractivity contribution is -0.249. The summed E-state index contributed by atoms with van der Waals surface area (Å²) in [5, 5.41) is 29.6. The van der Waals surface area contributed by atoms with Crippen molar-refractivity contribution in [2.75, 3.05) is 7.11 Å². The SMILES string of the molecule is CC.CCCCC(=O)OC1CC2[C@@H](C)C(O)CCC2(C)C2C(O)c3c(cc(-c4cccnc4)oc3=O)OC12C.CO. The lowest BCUT2D eigenvalue weighted by Gasteiger charge is -2.63. The molecule has 7 unspecified atom stereocenters. The van der Waals surface area contributed by atoms with E-state index >= 15 is 0 Å². The van der Waals surface area contributed by atoms with E-state index in [0.29, 0.717) is 31.2 Å². The fraction of sp³-hybridized carbons (Fsp3) is 0.656. The van der Waals surface area contributed by atoms with Gasteiger partial charge >= 0.3 is 11.6 Å². The number of aliphatic hydroxyl groups excluding tert-OH is 3. The standard InChI is InChI=1S/C29H37NO7.C2H6.CH4O/c1-5-6-9-23(32)36-22-13-18-16(2)19(31)10-11-28(18,3)26-25(33)24-21(37-29(22,26)4)14-20(35-27(24)34)17-8-7-12-30-15-17;2*1-2/h7-8,12,14-16,18-19,22,25-26,31,33H,5-6,9-11,13H2,1-4H3;1-2H3;2H,1H3/t16-,18?,19?,22?,25?,26?,28?,29?;;/m1../s1. The van der Waals surface area contributed by atoms with E-state index in [2.05, 4.69) is 11.9 Å². The quantitative estimate of drug-likeness (QED) is 0.419. The van der Waals surface area contributed by atoms with Crippen LogP contribution >= 0.6 is 0 Å². The van der Waals surface area contributed by atoms with Crippen LogP contribution in [0, 0.1) is 23.2 Å². The Bertz CT molecular complexity index is 1220. The molecular weight excluding hydrogens is 526 g/mol. The number of nitrogens with zero attached hydrogens (tertiary/aromatic N) is 1. The van der Waals surface area contributed by atoms with Gasteiger partial charge in [0.1, 0.15) is 28.8 Å². The van der Waals surface area contributed by atoms with Crippen molar-refractivity contribution < 1.29 is 34.0 Å². The molecule has 0 aromatic carbocycles. The van der Waals surface area contributed by atoms with Gasteiger partial charge in [0, 0.05) is 43.5 Å². The van der Waals surface area contributed by atoms with Crippen molar-refractivity contribution in [2.24, 2.45) is 23.2 Å². The van der Waals surface area contributed by atoms with Gasteiger partial charge in [-0.1, -0.05) is 41.0 Å². The Kier molecular flexibility index (Phi) is 10.8. The normalized spacial score (nSPS) is 33.2. The molecule has 0 saturated heterocycles. The maximum atomic E-state index is 13.3. The minimum Gasteiger partial charge on any atom is -0.482 e. The van der Waals surface area contributed by atoms with E-state index in [0.717, 1.165) is 20.0 Å². The molecule has 8 atom stereocenters. The van der Waals surface area contributed by atoms with Gasteiger partial charge in [-0.2, -0.15) is 0 Å². The fourth-order valence-corrected chi connectivity index (χ4v) is 7.36. The van der Waals surface area contributed by atoms with Crippen LogP contribution in [-0.2, 0) is 9.53 Å². The number of hydrogen-bond acceptors (Lipinski definition) is 9. The second kappa shape index (κ2) is 13.5. The van der Waals surface area contributed by atoms with Crippen LogP contribution in [0.5, 0.6) is 5.75 Å². The molecule has 2 aromatic rings. The third kappa shape index (κ3) is 5.94. The Balaban J connectivity index is 0.00000111. The highest BCUT2D eigenvalue weighted by molar-refractivity contribution is 5.69. The maximum absolute atomic E-state index is 13.3. The van der Waals surface area contributed by atoms with Gasteiger partial charge in [0.2, 0.25) is 0 Å². The summed E-state index contributed by atoms with van der Waals surface area (Å²) in [6.45, 7) is 12.0. The third-order valence-corrected chi connectivity index (χ3v) is 9.35. The highest BCUT2D eigenvalue weighted by Gasteiger charge is 2.67. The molecule has 2 fully saturated rings. The third-order valence-electron chi connectivity index (χ3n) is 9.35. The first kappa shape index (κ1) is 32.8. The molecule has 41 heavy (non-hydrogen) atoms. The van der Waals surface area contributed by atoms with Gasteiger partial charge in [-0.3, -0.25) is 9.78 Å². The summed E-state index contributed by atoms with van der Waals surface area (Å²) in [4.78, 5) is 30.2. The van der Waals surface area contributed by atoms with Gasteiger partial charge in [0.25, 0.3) is 0 Å². The average molecular weight is 574 g/mol. The van der Waals surface area contributed by atoms with Gasteiger partial charge < -0.3 is 29.2 Å². The highest BCUT2D eigenvalue weighted by atomic mass is 16.6. The topological polar surface area (TPSA) is 139 Å². The number of pyridine rings is 1. The predicted octanol–water partition coefficient (Wildman–Crippen LogP) is 5.06. The minimum atomic E-state index is -1.18. The van der Waals surface area contributed by atoms with Crippen molar-refractivity contribution in [1.29, 1.82) is 0 Å². The van der Waals surface area contributed by atoms with Crippen molar-refractivity contribution in [1.82, 2.24) is 4.98 Å². The zero-order valence-electron chi connectivity index (χ0n) is 25.4. The van der Waals surface area contributed by atoms with Gasteiger partial charge in [-0.25, -0.2) is 4.79 Å². The zero-order valence-corrected chi connectivity index (χ0v) is 25.4. The Hall–Kier alpha value is -2.75. The second-order valence-electron chi connectivity index (χ2n) is 11.5. The summed E-state index contributed by atoms with van der Waals surface area (Å²) >= 11 is 0. The van der Waals surface area contributed by atoms with E-state index in [4.69, 9.17) is 19.0 Å². The van der Waals surface area contributed by atoms with Crippen LogP contribution in [0.2, 0.25) is 0 Å². The summed E-state index contributed by atoms with van der Waals surface area (Å²) in [5.41, 5.74) is -1.49. The van der Waals surface area contributed by atoms with Crippen LogP contribution < -0.4 is 10.4 Å². The first-order valence-corrected chi connectivity index (χ1v) is 14.9. The molecular formula is C32H47NO8. The number of carbonyl (C=O) groups is 1. The van der Waals surface area contributed by atoms with Crippen molar-refractivity contribution in [3.63, 3.8) is 0 Å². The largest absolute Gasteiger partial charge is 0.482 e. The predicted molar refractivity (Wildman–Crippen MR) is 155 cm³/mol. The molecule has 2 saturated carbocycles. The second-order valence-corrected chi connectivity index (χ2v) is 11.5. The molecule has 2 aliphatic carbocycles. The maximum Gasteiger partial charge on any atom is 0.345 e. The summed E-state index contributed by atoms with van der Waals surface area (Å²) in [6.07, 6.45) is 4.59. The molecule has 0 bridgehead atoms. The minimum absolute atomic E-state index is 0.0280. The average Bonchev–Trinajstić information content (AvgIpc) is 2.97. The van der Waals surface area contributed by atoms with E-state index in [1.165, 1.54) is 0 Å². The lowest BCUT2D eigenvalue weighted by Crippen LogP contribution is -2.69. The zero-order chi connectivity index (χ0) is 30.5. The summed E-state index contributed by atoms with van der Waals surface area (Å²) in [6, 6.07) is 5.14. The highest BCUT2D eigenvalue weighted by Crippen LogP contribution is 2.64. The van der Waals surface area contributed by atoms with Gasteiger partial charge in [-0.05, 0) is 62.0 Å². The molecule has 3 N–H and O–H groups in total. The van der Waals surface area contributed by atoms with Crippen LogP contribution in [-0.4, -0.2) is 51.2 Å². The Morgan fingerprint density at radius 3 is 2.56 bits per heavy atom. The number of esters is 1. The van der Waals surface area contributed by atoms with Crippen molar-refractivity contribution >= 4 is 5.97 Å². The van der Waals surface area contributed by atoms with Crippen LogP contribution in [0.25, 0.3) is 11.3 Å². The fourth-order valence-electron chi connectivity index (χ4n) is 7.36. The number of unbranched alkanes of at least 4 members (excludes halogenated alkanes) is 1. The first-order valence-electron chi connectivity index (χ1n) is 14.9. The van der Waals surface area contributed by atoms with Crippen LogP contribution in [0.4, 0.5) is 0 Å². The molecule has 5 rings (SSSR count). The molecule has 0 spiro atoms. The van der Waals surface area contributed by atoms with E-state index in [1.807, 2.05) is 34.6 Å². The molecule has 3 aliphatic rings. The molecule has 1 aliphatic heterocycles. The Morgan fingerprint density at radius 2 is 1.93 bits per heavy atom. The number of ether oxygens (including phenoxy) is 2. The number of aliphatic hydroxyl groups is 3. The van der Waals surface area contributed by atoms with E-state index in [9.17, 15) is 19.8 Å². The van der Waals surface area contributed by atoms with Crippen molar-refractivity contribution in [3.05, 3.63) is 46.6 Å². The smallest absolute Gasteiger partial charge is 0.345 e. The molecule has 3 heterocycles. The Morgan fingerprint density at radius 1 is 1.22 bits per heavy atom. The first-order chi connectivity index (χ1) is 19.6. The molecule has 2 aromatic heterocycles. The number of fused-ring (bicyclic) bond motifs is 4. The summed E-state index contributed by atoms with van der Waals surface area (Å²) in [5.74, 6) is -0.402. The number of rotatable bonds is 5. The van der Waals surface area contributed by atoms with E-state index < -0.39 is 40.9 Å². The number of hydrogen-bond donors (Lipinski definition) is 3. The van der Waals surface area contributed by atoms with Crippen molar-refractivity contribution in [2.45, 2.75) is 104 Å². The van der Waals surface area contributed by atoms with Gasteiger partial charge in [0.05, 0.1) is 12.2 Å². The molecule has 228 valence electrons. The summed E-state index contributed by atoms with van der Waals surface area (Å²) < 4.78 is 18.4. The lowest BCUT2D eigenvalue weighted by atomic mass is 9.46. The van der Waals surface area contributed by atoms with E-state index in [1.54, 1.807) is 30.6 Å². The molecule has 0 radical (unpaired) electrons. The monoisotopic (exact) mass is 573 g/mol. The Labute approximate surface area is 242 Å². The van der Waals surface area contributed by atoms with Gasteiger partial charge in [0.15, 0.2) is 0 Å².